The number of piperazine rings is 1. The van der Waals surface area contributed by atoms with Crippen LogP contribution >= 0.6 is 11.6 Å². The van der Waals surface area contributed by atoms with Gasteiger partial charge in [-0.05, 0) is 92.6 Å². The van der Waals surface area contributed by atoms with Crippen LogP contribution in [0.4, 0.5) is 19.3 Å². The van der Waals surface area contributed by atoms with Gasteiger partial charge in [-0.3, -0.25) is 4.79 Å². The Labute approximate surface area is 290 Å². The third kappa shape index (κ3) is 8.76. The van der Waals surface area contributed by atoms with E-state index in [0.29, 0.717) is 44.2 Å². The van der Waals surface area contributed by atoms with Crippen molar-refractivity contribution in [2.24, 2.45) is 5.92 Å². The number of carbonyl (C=O) groups excluding carboxylic acids is 2. The number of ether oxygens (including phenoxy) is 2. The van der Waals surface area contributed by atoms with Gasteiger partial charge in [-0.15, -0.1) is 0 Å². The van der Waals surface area contributed by atoms with Crippen LogP contribution in [0, 0.1) is 17.6 Å². The fourth-order valence-electron chi connectivity index (χ4n) is 6.84. The Kier molecular flexibility index (Phi) is 12.3. The number of benzene rings is 3. The quantitative estimate of drug-likeness (QED) is 0.240. The van der Waals surface area contributed by atoms with Gasteiger partial charge < -0.3 is 25.4 Å². The molecule has 2 heterocycles. The number of methoxy groups -OCH3 is 1. The second kappa shape index (κ2) is 16.4. The number of amides is 2. The molecule has 3 aromatic carbocycles. The highest BCUT2D eigenvalue weighted by Crippen LogP contribution is 2.37. The Balaban J connectivity index is 1.42. The SMILES string of the molecule is COC(=O)N[C@H](C(=O)Nc1cccc(F)c1CC[C@H]1CNC[C@@H](C)N1S(=O)(=O)c1ccc(F)cc1)C(c1ccc(Cl)cc1)C1CCOCC1. The number of carbonyl (C=O) groups is 2. The average Bonchev–Trinajstić information content (AvgIpc) is 3.09. The lowest BCUT2D eigenvalue weighted by Gasteiger charge is -2.40. The molecule has 3 N–H and O–H groups in total. The number of hydrogen-bond donors (Lipinski definition) is 3. The predicted molar refractivity (Wildman–Crippen MR) is 182 cm³/mol. The van der Waals surface area contributed by atoms with E-state index in [1.807, 2.05) is 12.1 Å². The first-order valence-corrected chi connectivity index (χ1v) is 18.1. The van der Waals surface area contributed by atoms with Crippen molar-refractivity contribution >= 4 is 39.3 Å². The van der Waals surface area contributed by atoms with Crippen molar-refractivity contribution in [1.82, 2.24) is 14.9 Å². The number of nitrogens with zero attached hydrogens (tertiary/aromatic N) is 1. The molecule has 0 radical (unpaired) electrons. The van der Waals surface area contributed by atoms with Crippen LogP contribution in [-0.2, 0) is 30.7 Å². The first-order valence-electron chi connectivity index (χ1n) is 16.3. The van der Waals surface area contributed by atoms with Gasteiger partial charge >= 0.3 is 6.09 Å². The summed E-state index contributed by atoms with van der Waals surface area (Å²) in [6.07, 6.45) is 0.812. The van der Waals surface area contributed by atoms with Crippen LogP contribution in [0.2, 0.25) is 5.02 Å². The summed E-state index contributed by atoms with van der Waals surface area (Å²) >= 11 is 6.18. The minimum Gasteiger partial charge on any atom is -0.453 e. The van der Waals surface area contributed by atoms with Crippen molar-refractivity contribution in [3.8, 4) is 0 Å². The van der Waals surface area contributed by atoms with Crippen LogP contribution in [-0.4, -0.2) is 76.3 Å². The third-order valence-corrected chi connectivity index (χ3v) is 11.6. The highest BCUT2D eigenvalue weighted by atomic mass is 35.5. The smallest absolute Gasteiger partial charge is 0.407 e. The summed E-state index contributed by atoms with van der Waals surface area (Å²) < 4.78 is 68.4. The van der Waals surface area contributed by atoms with Crippen molar-refractivity contribution in [3.63, 3.8) is 0 Å². The van der Waals surface area contributed by atoms with Gasteiger partial charge in [0.05, 0.1) is 12.0 Å². The molecule has 2 aliphatic heterocycles. The van der Waals surface area contributed by atoms with Crippen LogP contribution < -0.4 is 16.0 Å². The van der Waals surface area contributed by atoms with Gasteiger partial charge in [0.2, 0.25) is 15.9 Å². The average molecular weight is 719 g/mol. The number of halogens is 3. The molecule has 2 fully saturated rings. The van der Waals surface area contributed by atoms with Gasteiger partial charge in [0.1, 0.15) is 17.7 Å². The normalized spacial score (nSPS) is 20.3. The zero-order valence-electron chi connectivity index (χ0n) is 27.3. The molecule has 0 spiro atoms. The molecule has 49 heavy (non-hydrogen) atoms. The molecule has 0 aliphatic carbocycles. The number of rotatable bonds is 11. The lowest BCUT2D eigenvalue weighted by atomic mass is 9.76. The molecule has 264 valence electrons. The highest BCUT2D eigenvalue weighted by Gasteiger charge is 2.40. The molecule has 2 amide bonds. The lowest BCUT2D eigenvalue weighted by Crippen LogP contribution is -2.58. The van der Waals surface area contributed by atoms with E-state index in [0.717, 1.165) is 17.7 Å². The van der Waals surface area contributed by atoms with Gasteiger partial charge in [-0.25, -0.2) is 22.0 Å². The topological polar surface area (TPSA) is 126 Å². The molecular weight excluding hydrogens is 678 g/mol. The summed E-state index contributed by atoms with van der Waals surface area (Å²) in [5, 5.41) is 9.34. The van der Waals surface area contributed by atoms with E-state index in [1.165, 1.54) is 35.7 Å². The summed E-state index contributed by atoms with van der Waals surface area (Å²) in [6.45, 7) is 3.50. The van der Waals surface area contributed by atoms with E-state index in [2.05, 4.69) is 16.0 Å². The van der Waals surface area contributed by atoms with Crippen molar-refractivity contribution in [1.29, 1.82) is 0 Å². The van der Waals surface area contributed by atoms with Crippen LogP contribution in [0.5, 0.6) is 0 Å². The van der Waals surface area contributed by atoms with Gasteiger partial charge in [0.25, 0.3) is 0 Å². The summed E-state index contributed by atoms with van der Waals surface area (Å²) in [4.78, 5) is 26.8. The Hall–Kier alpha value is -3.62. The molecule has 0 saturated carbocycles. The van der Waals surface area contributed by atoms with Gasteiger partial charge in [-0.2, -0.15) is 4.31 Å². The van der Waals surface area contributed by atoms with Gasteiger partial charge in [0.15, 0.2) is 0 Å². The largest absolute Gasteiger partial charge is 0.453 e. The monoisotopic (exact) mass is 718 g/mol. The Morgan fingerprint density at radius 1 is 1.04 bits per heavy atom. The van der Waals surface area contributed by atoms with Crippen molar-refractivity contribution in [3.05, 3.63) is 94.5 Å². The number of nitrogens with one attached hydrogen (secondary N) is 3. The summed E-state index contributed by atoms with van der Waals surface area (Å²) in [6, 6.07) is 14.0. The van der Waals surface area contributed by atoms with E-state index in [1.54, 1.807) is 25.1 Å². The maximum absolute atomic E-state index is 15.5. The molecule has 0 bridgehead atoms. The molecular formula is C35H41ClF2N4O6S. The third-order valence-electron chi connectivity index (χ3n) is 9.24. The Bertz CT molecular complexity index is 1710. The zero-order chi connectivity index (χ0) is 35.1. The molecule has 5 rings (SSSR count). The van der Waals surface area contributed by atoms with E-state index in [4.69, 9.17) is 21.1 Å². The fraction of sp³-hybridized carbons (Fsp3) is 0.429. The number of hydrogen-bond acceptors (Lipinski definition) is 7. The van der Waals surface area contributed by atoms with Gasteiger partial charge in [-0.1, -0.05) is 29.8 Å². The summed E-state index contributed by atoms with van der Waals surface area (Å²) in [5.41, 5.74) is 1.18. The minimum absolute atomic E-state index is 0.0320. The van der Waals surface area contributed by atoms with Crippen LogP contribution in [0.3, 0.4) is 0 Å². The van der Waals surface area contributed by atoms with E-state index in [9.17, 15) is 22.4 Å². The summed E-state index contributed by atoms with van der Waals surface area (Å²) in [5.74, 6) is -2.22. The fourth-order valence-corrected chi connectivity index (χ4v) is 8.81. The van der Waals surface area contributed by atoms with E-state index in [-0.39, 0.29) is 34.9 Å². The van der Waals surface area contributed by atoms with Crippen LogP contribution in [0.15, 0.2) is 71.6 Å². The first-order chi connectivity index (χ1) is 23.5. The molecule has 0 aromatic heterocycles. The maximum atomic E-state index is 15.5. The molecule has 3 aromatic rings. The standard InChI is InChI=1S/C35H41ClF2N4O6S/c1-22-20-39-21-27(42(22)49(45,46)28-13-10-26(37)11-14-28)12-15-29-30(38)4-3-5-31(29)40-34(43)33(41-35(44)47-2)32(24-16-18-48-19-17-24)23-6-8-25(36)9-7-23/h3-11,13-14,22,24,27,32-33,39H,12,15-21H2,1-2H3,(H,40,43)(H,41,44)/t22-,27+,32?,33+/m1/s1. The molecule has 2 aliphatic rings. The van der Waals surface area contributed by atoms with Crippen molar-refractivity contribution in [2.45, 2.75) is 61.5 Å². The van der Waals surface area contributed by atoms with Crippen LogP contribution in [0.1, 0.15) is 43.2 Å². The summed E-state index contributed by atoms with van der Waals surface area (Å²) in [7, 11) is -2.79. The lowest BCUT2D eigenvalue weighted by molar-refractivity contribution is -0.119. The van der Waals surface area contributed by atoms with E-state index >= 15 is 4.39 Å². The molecule has 4 atom stereocenters. The highest BCUT2D eigenvalue weighted by molar-refractivity contribution is 7.89. The Morgan fingerprint density at radius 3 is 2.41 bits per heavy atom. The number of anilines is 1. The minimum atomic E-state index is -4.00. The second-order valence-corrected chi connectivity index (χ2v) is 14.7. The second-order valence-electron chi connectivity index (χ2n) is 12.4. The van der Waals surface area contributed by atoms with E-state index < -0.39 is 57.7 Å². The zero-order valence-corrected chi connectivity index (χ0v) is 28.9. The van der Waals surface area contributed by atoms with Crippen LogP contribution in [0.25, 0.3) is 0 Å². The molecule has 2 saturated heterocycles. The number of sulfonamides is 1. The first kappa shape index (κ1) is 36.7. The predicted octanol–water partition coefficient (Wildman–Crippen LogP) is 5.48. The Morgan fingerprint density at radius 2 is 1.73 bits per heavy atom. The van der Waals surface area contributed by atoms with Crippen molar-refractivity contribution < 1.29 is 36.3 Å². The van der Waals surface area contributed by atoms with Crippen molar-refractivity contribution in [2.75, 3.05) is 38.7 Å². The molecule has 1 unspecified atom stereocenters. The maximum Gasteiger partial charge on any atom is 0.407 e. The molecule has 14 heteroatoms. The number of alkyl carbamates (subject to hydrolysis) is 1. The van der Waals surface area contributed by atoms with Gasteiger partial charge in [0, 0.05) is 60.6 Å². The molecule has 10 nitrogen and oxygen atoms in total.